The third-order valence-corrected chi connectivity index (χ3v) is 8.71. The zero-order chi connectivity index (χ0) is 14.3. The topological polar surface area (TPSA) is 24.7 Å². The monoisotopic (exact) mass is 296 g/mol. The van der Waals surface area contributed by atoms with Crippen LogP contribution in [0.5, 0.6) is 0 Å². The average molecular weight is 296 g/mol. The molecule has 0 radical (unpaired) electrons. The molecule has 6 aliphatic carbocycles. The molecule has 0 spiro atoms. The second kappa shape index (κ2) is 4.45. The van der Waals surface area contributed by atoms with Gasteiger partial charge in [0.2, 0.25) is 0 Å². The Bertz CT molecular complexity index is 512. The van der Waals surface area contributed by atoms with Crippen molar-refractivity contribution in [1.82, 2.24) is 0 Å². The number of hydrogen-bond acceptors (Lipinski definition) is 2. The fraction of sp³-hybridized carbons (Fsp3) is 0.900. The van der Waals surface area contributed by atoms with Crippen LogP contribution in [0.1, 0.15) is 64.2 Å². The molecule has 6 fully saturated rings. The van der Waals surface area contributed by atoms with E-state index in [0.717, 1.165) is 47.3 Å². The third-order valence-electron chi connectivity index (χ3n) is 8.71. The Morgan fingerprint density at radius 3 is 1.55 bits per heavy atom. The highest BCUT2D eigenvalue weighted by Crippen LogP contribution is 2.59. The Morgan fingerprint density at radius 1 is 0.591 bits per heavy atom. The molecule has 0 unspecified atom stereocenters. The van der Waals surface area contributed by atoms with Crippen LogP contribution in [0.25, 0.3) is 0 Å². The summed E-state index contributed by atoms with van der Waals surface area (Å²) < 4.78 is 0. The van der Waals surface area contributed by atoms with E-state index >= 15 is 0 Å². The van der Waals surface area contributed by atoms with Crippen LogP contribution < -0.4 is 0 Å². The summed E-state index contributed by atoms with van der Waals surface area (Å²) in [6, 6.07) is 0. The Balaban J connectivity index is 1.24. The summed E-state index contributed by atoms with van der Waals surface area (Å²) in [6.45, 7) is 0. The maximum Gasteiger partial charge on any atom is 0.0442 e. The predicted molar refractivity (Wildman–Crippen MR) is 89.0 cm³/mol. The van der Waals surface area contributed by atoms with Gasteiger partial charge in [-0.1, -0.05) is 12.8 Å². The molecule has 0 heterocycles. The normalized spacial score (nSPS) is 58.2. The Kier molecular flexibility index (Phi) is 2.57. The van der Waals surface area contributed by atoms with Crippen LogP contribution in [-0.4, -0.2) is 11.4 Å². The van der Waals surface area contributed by atoms with Crippen LogP contribution in [0.15, 0.2) is 10.2 Å². The van der Waals surface area contributed by atoms with Crippen molar-refractivity contribution in [3.63, 3.8) is 0 Å². The molecule has 0 aliphatic heterocycles. The van der Waals surface area contributed by atoms with Crippen molar-refractivity contribution >= 4 is 11.4 Å². The van der Waals surface area contributed by atoms with E-state index in [1.54, 1.807) is 0 Å². The van der Waals surface area contributed by atoms with E-state index in [4.69, 9.17) is 10.2 Å². The van der Waals surface area contributed by atoms with E-state index in [-0.39, 0.29) is 0 Å². The van der Waals surface area contributed by atoms with E-state index in [2.05, 4.69) is 0 Å². The van der Waals surface area contributed by atoms with Gasteiger partial charge >= 0.3 is 0 Å². The Labute approximate surface area is 133 Å². The van der Waals surface area contributed by atoms with Crippen LogP contribution >= 0.6 is 0 Å². The quantitative estimate of drug-likeness (QED) is 0.627. The van der Waals surface area contributed by atoms with Gasteiger partial charge in [0.1, 0.15) is 0 Å². The summed E-state index contributed by atoms with van der Waals surface area (Å²) in [7, 11) is 0. The summed E-state index contributed by atoms with van der Waals surface area (Å²) >= 11 is 0. The lowest BCUT2D eigenvalue weighted by Crippen LogP contribution is -2.25. The van der Waals surface area contributed by atoms with Crippen molar-refractivity contribution in [2.24, 2.45) is 57.5 Å². The smallest absolute Gasteiger partial charge is 0.0442 e. The minimum atomic E-state index is 0.833. The largest absolute Gasteiger partial charge is 0.160 e. The summed E-state index contributed by atoms with van der Waals surface area (Å²) in [4.78, 5) is 0. The average Bonchev–Trinajstić information content (AvgIpc) is 3.33. The lowest BCUT2D eigenvalue weighted by Gasteiger charge is -2.26. The van der Waals surface area contributed by atoms with E-state index in [1.807, 2.05) is 0 Å². The Hall–Kier alpha value is -0.660. The molecule has 4 bridgehead atoms. The number of fused-ring (bicyclic) bond motifs is 10. The molecule has 6 aliphatic rings. The maximum absolute atomic E-state index is 4.89. The van der Waals surface area contributed by atoms with Crippen LogP contribution in [0, 0.1) is 47.3 Å². The van der Waals surface area contributed by atoms with E-state index in [9.17, 15) is 0 Å². The zero-order valence-electron chi connectivity index (χ0n) is 13.6. The minimum absolute atomic E-state index is 0.833. The van der Waals surface area contributed by atoms with Crippen molar-refractivity contribution in [1.29, 1.82) is 0 Å². The lowest BCUT2D eigenvalue weighted by atomic mass is 9.80. The molecule has 0 N–H and O–H groups in total. The first-order valence-electron chi connectivity index (χ1n) is 10.0. The van der Waals surface area contributed by atoms with Crippen molar-refractivity contribution in [2.45, 2.75) is 64.2 Å². The number of rotatable bonds is 1. The highest BCUT2D eigenvalue weighted by molar-refractivity contribution is 5.93. The molecule has 2 nitrogen and oxygen atoms in total. The molecule has 22 heavy (non-hydrogen) atoms. The van der Waals surface area contributed by atoms with Gasteiger partial charge in [0, 0.05) is 23.3 Å². The van der Waals surface area contributed by atoms with Crippen molar-refractivity contribution in [3.05, 3.63) is 0 Å². The summed E-state index contributed by atoms with van der Waals surface area (Å²) in [5.74, 6) is 7.76. The molecule has 0 aromatic carbocycles. The van der Waals surface area contributed by atoms with Gasteiger partial charge in [-0.05, 0) is 86.9 Å². The second-order valence-corrected chi connectivity index (χ2v) is 9.31. The molecule has 0 saturated heterocycles. The summed E-state index contributed by atoms with van der Waals surface area (Å²) in [5, 5.41) is 9.77. The molecule has 118 valence electrons. The van der Waals surface area contributed by atoms with Gasteiger partial charge in [0.05, 0.1) is 0 Å². The SMILES string of the molecule is C1C[C@@H]2[C@H]3C/C(=N/N=C4/C[C@H]5C[C@H]4[C@H]4CCC[C@H]54)[C@@H](C3)[C@@H]2C1. The molecule has 0 aromatic heterocycles. The van der Waals surface area contributed by atoms with Crippen LogP contribution in [0.2, 0.25) is 0 Å². The van der Waals surface area contributed by atoms with E-state index < -0.39 is 0 Å². The first-order chi connectivity index (χ1) is 10.9. The highest BCUT2D eigenvalue weighted by atomic mass is 15.2. The predicted octanol–water partition coefficient (Wildman–Crippen LogP) is 4.70. The van der Waals surface area contributed by atoms with Gasteiger partial charge in [0.15, 0.2) is 0 Å². The van der Waals surface area contributed by atoms with E-state index in [0.29, 0.717) is 0 Å². The lowest BCUT2D eigenvalue weighted by molar-refractivity contribution is 0.331. The van der Waals surface area contributed by atoms with E-state index in [1.165, 1.54) is 75.6 Å². The molecule has 6 saturated carbocycles. The molecule has 2 heteroatoms. The standard InChI is InChI=1S/C20H28N2/c1-3-13-11-7-17(15(13)5-1)19(9-11)21-22-20-10-12-8-18(20)16-6-2-4-14(12)16/h11-18H,1-10H2/b21-19-,22-20-/t11-,12-,13-,14-,15-,16+,17+,18+/m1/s1. The van der Waals surface area contributed by atoms with Crippen molar-refractivity contribution in [2.75, 3.05) is 0 Å². The fourth-order valence-corrected chi connectivity index (χ4v) is 7.99. The molecule has 8 atom stereocenters. The Morgan fingerprint density at radius 2 is 1.05 bits per heavy atom. The molecular weight excluding hydrogens is 268 g/mol. The van der Waals surface area contributed by atoms with Gasteiger partial charge < -0.3 is 0 Å². The summed E-state index contributed by atoms with van der Waals surface area (Å²) in [5.41, 5.74) is 3.01. The van der Waals surface area contributed by atoms with Crippen LogP contribution in [0.4, 0.5) is 0 Å². The molecule has 0 aromatic rings. The molecule has 6 rings (SSSR count). The van der Waals surface area contributed by atoms with Crippen LogP contribution in [-0.2, 0) is 0 Å². The number of hydrogen-bond donors (Lipinski definition) is 0. The molecule has 0 amide bonds. The fourth-order valence-electron chi connectivity index (χ4n) is 7.99. The highest BCUT2D eigenvalue weighted by Gasteiger charge is 2.54. The third kappa shape index (κ3) is 1.57. The zero-order valence-corrected chi connectivity index (χ0v) is 13.6. The van der Waals surface area contributed by atoms with Gasteiger partial charge in [-0.25, -0.2) is 0 Å². The first-order valence-corrected chi connectivity index (χ1v) is 10.0. The van der Waals surface area contributed by atoms with Gasteiger partial charge in [-0.2, -0.15) is 10.2 Å². The van der Waals surface area contributed by atoms with Crippen molar-refractivity contribution in [3.8, 4) is 0 Å². The minimum Gasteiger partial charge on any atom is -0.160 e. The van der Waals surface area contributed by atoms with Crippen LogP contribution in [0.3, 0.4) is 0 Å². The van der Waals surface area contributed by atoms with Gasteiger partial charge in [0.25, 0.3) is 0 Å². The number of nitrogens with zero attached hydrogens (tertiary/aromatic N) is 2. The maximum atomic E-state index is 4.89. The summed E-state index contributed by atoms with van der Waals surface area (Å²) in [6.07, 6.45) is 14.5. The van der Waals surface area contributed by atoms with Crippen molar-refractivity contribution < 1.29 is 0 Å². The second-order valence-electron chi connectivity index (χ2n) is 9.31. The first kappa shape index (κ1) is 12.7. The molecular formula is C20H28N2. The van der Waals surface area contributed by atoms with Gasteiger partial charge in [-0.15, -0.1) is 0 Å². The van der Waals surface area contributed by atoms with Gasteiger partial charge in [-0.3, -0.25) is 0 Å².